The van der Waals surface area contributed by atoms with Crippen LogP contribution in [0.3, 0.4) is 0 Å². The zero-order valence-electron chi connectivity index (χ0n) is 19.1. The highest BCUT2D eigenvalue weighted by atomic mass is 16.2. The van der Waals surface area contributed by atoms with Crippen LogP contribution in [0.15, 0.2) is 52.9 Å². The molecule has 6 heterocycles. The molecule has 5 aliphatic heterocycles. The van der Waals surface area contributed by atoms with Crippen molar-refractivity contribution in [3.8, 4) is 0 Å². The van der Waals surface area contributed by atoms with Crippen LogP contribution in [0.25, 0.3) is 0 Å². The minimum atomic E-state index is -0.258. The summed E-state index contributed by atoms with van der Waals surface area (Å²) in [6.45, 7) is 7.42. The van der Waals surface area contributed by atoms with E-state index in [1.54, 1.807) is 0 Å². The zero-order chi connectivity index (χ0) is 22.5. The van der Waals surface area contributed by atoms with Crippen molar-refractivity contribution in [2.24, 2.45) is 33.8 Å². The molecule has 0 N–H and O–H groups in total. The molecule has 170 valence electrons. The van der Waals surface area contributed by atoms with Gasteiger partial charge in [0.1, 0.15) is 5.92 Å². The number of likely N-dealkylation sites (tertiary alicyclic amines) is 1. The Bertz CT molecular complexity index is 1090. The van der Waals surface area contributed by atoms with E-state index in [-0.39, 0.29) is 23.8 Å². The SMILES string of the molecule is Cc1cc(C)nc(N2C[C@H]3CN(C(=O)C4C(C5C=NC=CC5)=NN5C=CC=CC45)C[C@H]3C2)n1. The molecular formula is C25H29N7O. The van der Waals surface area contributed by atoms with Gasteiger partial charge >= 0.3 is 0 Å². The van der Waals surface area contributed by atoms with E-state index in [4.69, 9.17) is 5.10 Å². The standard InChI is InChI=1S/C25H29N7O/c1-16-10-17(2)28-25(27-16)31-14-19-12-30(13-20(19)15-31)24(33)22-21-7-3-4-9-32(21)29-23(22)18-6-5-8-26-11-18/h3-5,7-11,18-22H,6,12-15H2,1-2H3/t18?,19-,20+,21?,22?. The lowest BCUT2D eigenvalue weighted by Crippen LogP contribution is -2.46. The van der Waals surface area contributed by atoms with E-state index in [2.05, 4.69) is 36.9 Å². The number of aliphatic imine (C=N–C) groups is 1. The Labute approximate surface area is 194 Å². The Morgan fingerprint density at radius 2 is 1.79 bits per heavy atom. The number of hydrogen-bond donors (Lipinski definition) is 0. The van der Waals surface area contributed by atoms with Gasteiger partial charge in [0.05, 0.1) is 11.8 Å². The third kappa shape index (κ3) is 3.57. The minimum absolute atomic E-state index is 0.0441. The fourth-order valence-corrected chi connectivity index (χ4v) is 5.88. The Balaban J connectivity index is 1.18. The number of nitrogens with zero attached hydrogens (tertiary/aromatic N) is 7. The van der Waals surface area contributed by atoms with E-state index < -0.39 is 0 Å². The molecule has 2 fully saturated rings. The van der Waals surface area contributed by atoms with Crippen LogP contribution in [0.4, 0.5) is 5.95 Å². The summed E-state index contributed by atoms with van der Waals surface area (Å²) in [5, 5.41) is 6.81. The molecule has 0 aromatic carbocycles. The summed E-state index contributed by atoms with van der Waals surface area (Å²) in [6, 6.07) is 1.96. The summed E-state index contributed by atoms with van der Waals surface area (Å²) in [5.74, 6) is 1.76. The molecule has 1 amide bonds. The first-order valence-corrected chi connectivity index (χ1v) is 11.8. The third-order valence-corrected chi connectivity index (χ3v) is 7.40. The first-order valence-electron chi connectivity index (χ1n) is 11.8. The maximum Gasteiger partial charge on any atom is 0.234 e. The lowest BCUT2D eigenvalue weighted by atomic mass is 9.84. The van der Waals surface area contributed by atoms with Crippen molar-refractivity contribution < 1.29 is 4.79 Å². The lowest BCUT2D eigenvalue weighted by Gasteiger charge is -2.29. The van der Waals surface area contributed by atoms with Crippen LogP contribution in [0.1, 0.15) is 17.8 Å². The highest BCUT2D eigenvalue weighted by Gasteiger charge is 2.49. The molecule has 1 aromatic rings. The van der Waals surface area contributed by atoms with Crippen molar-refractivity contribution in [2.75, 3.05) is 31.1 Å². The molecule has 33 heavy (non-hydrogen) atoms. The number of allylic oxidation sites excluding steroid dienone is 3. The highest BCUT2D eigenvalue weighted by Crippen LogP contribution is 2.37. The number of aromatic nitrogens is 2. The van der Waals surface area contributed by atoms with Crippen molar-refractivity contribution in [1.29, 1.82) is 0 Å². The number of anilines is 1. The monoisotopic (exact) mass is 443 g/mol. The molecule has 8 nitrogen and oxygen atoms in total. The van der Waals surface area contributed by atoms with Crippen LogP contribution in [-0.2, 0) is 4.79 Å². The molecule has 0 aliphatic carbocycles. The van der Waals surface area contributed by atoms with E-state index in [1.165, 1.54) is 0 Å². The lowest BCUT2D eigenvalue weighted by molar-refractivity contribution is -0.133. The summed E-state index contributed by atoms with van der Waals surface area (Å²) in [6.07, 6.45) is 14.7. The number of hydrazone groups is 1. The number of carbonyl (C=O) groups is 1. The number of hydrogen-bond acceptors (Lipinski definition) is 7. The number of fused-ring (bicyclic) bond motifs is 2. The minimum Gasteiger partial charge on any atom is -0.341 e. The molecule has 5 aliphatic rings. The van der Waals surface area contributed by atoms with Crippen molar-refractivity contribution in [3.63, 3.8) is 0 Å². The average molecular weight is 444 g/mol. The van der Waals surface area contributed by atoms with Crippen LogP contribution in [0, 0.1) is 37.5 Å². The number of aryl methyl sites for hydroxylation is 2. The maximum absolute atomic E-state index is 13.9. The molecule has 0 bridgehead atoms. The first kappa shape index (κ1) is 20.3. The second-order valence-electron chi connectivity index (χ2n) is 9.74. The number of amides is 1. The van der Waals surface area contributed by atoms with E-state index in [0.29, 0.717) is 11.8 Å². The molecular weight excluding hydrogens is 414 g/mol. The summed E-state index contributed by atoms with van der Waals surface area (Å²) >= 11 is 0. The maximum atomic E-state index is 13.9. The molecule has 1 aromatic heterocycles. The molecule has 0 saturated carbocycles. The Morgan fingerprint density at radius 1 is 1.03 bits per heavy atom. The van der Waals surface area contributed by atoms with Crippen molar-refractivity contribution in [2.45, 2.75) is 26.3 Å². The molecule has 0 spiro atoms. The average Bonchev–Trinajstić information content (AvgIpc) is 3.50. The second kappa shape index (κ2) is 7.93. The van der Waals surface area contributed by atoms with Gasteiger partial charge in [-0.2, -0.15) is 5.10 Å². The van der Waals surface area contributed by atoms with Crippen molar-refractivity contribution in [3.05, 3.63) is 54.2 Å². The molecule has 6 rings (SSSR count). The molecule has 0 radical (unpaired) electrons. The summed E-state index contributed by atoms with van der Waals surface area (Å²) in [7, 11) is 0. The second-order valence-corrected chi connectivity index (χ2v) is 9.74. The predicted octanol–water partition coefficient (Wildman–Crippen LogP) is 2.33. The molecule has 8 heteroatoms. The molecule has 3 unspecified atom stereocenters. The van der Waals surface area contributed by atoms with Gasteiger partial charge < -0.3 is 9.80 Å². The van der Waals surface area contributed by atoms with E-state index >= 15 is 0 Å². The van der Waals surface area contributed by atoms with E-state index in [9.17, 15) is 4.79 Å². The topological polar surface area (TPSA) is 77.3 Å². The van der Waals surface area contributed by atoms with E-state index in [0.717, 1.165) is 55.6 Å². The number of carbonyl (C=O) groups excluding carboxylic acids is 1. The van der Waals surface area contributed by atoms with Gasteiger partial charge in [-0.1, -0.05) is 18.2 Å². The van der Waals surface area contributed by atoms with Crippen LogP contribution < -0.4 is 4.90 Å². The summed E-state index contributed by atoms with van der Waals surface area (Å²) in [4.78, 5) is 31.9. The number of rotatable bonds is 3. The van der Waals surface area contributed by atoms with Gasteiger partial charge in [-0.05, 0) is 32.4 Å². The normalized spacial score (nSPS) is 31.9. The fraction of sp³-hybridized carbons (Fsp3) is 0.480. The largest absolute Gasteiger partial charge is 0.341 e. The zero-order valence-corrected chi connectivity index (χ0v) is 19.1. The van der Waals surface area contributed by atoms with Gasteiger partial charge in [0.15, 0.2) is 0 Å². The Kier molecular flexibility index (Phi) is 4.89. The summed E-state index contributed by atoms with van der Waals surface area (Å²) in [5.41, 5.74) is 2.94. The molecule has 5 atom stereocenters. The quantitative estimate of drug-likeness (QED) is 0.717. The van der Waals surface area contributed by atoms with Crippen molar-refractivity contribution >= 4 is 23.8 Å². The van der Waals surface area contributed by atoms with Gasteiger partial charge in [0.25, 0.3) is 0 Å². The van der Waals surface area contributed by atoms with E-state index in [1.807, 2.05) is 55.7 Å². The van der Waals surface area contributed by atoms with Gasteiger partial charge in [-0.25, -0.2) is 9.97 Å². The Morgan fingerprint density at radius 3 is 2.48 bits per heavy atom. The first-order chi connectivity index (χ1) is 16.1. The van der Waals surface area contributed by atoms with Crippen LogP contribution in [0.5, 0.6) is 0 Å². The third-order valence-electron chi connectivity index (χ3n) is 7.40. The Hall–Kier alpha value is -3.29. The van der Waals surface area contributed by atoms with Crippen LogP contribution in [-0.4, -0.2) is 69.9 Å². The molecule has 2 saturated heterocycles. The van der Waals surface area contributed by atoms with Crippen LogP contribution in [0.2, 0.25) is 0 Å². The summed E-state index contributed by atoms with van der Waals surface area (Å²) < 4.78 is 0. The van der Waals surface area contributed by atoms with Gasteiger partial charge in [0, 0.05) is 73.9 Å². The van der Waals surface area contributed by atoms with Crippen molar-refractivity contribution in [1.82, 2.24) is 19.9 Å². The van der Waals surface area contributed by atoms with Gasteiger partial charge in [-0.3, -0.25) is 14.8 Å². The fourth-order valence-electron chi connectivity index (χ4n) is 5.88. The predicted molar refractivity (Wildman–Crippen MR) is 128 cm³/mol. The highest BCUT2D eigenvalue weighted by molar-refractivity contribution is 6.12. The smallest absolute Gasteiger partial charge is 0.234 e. The van der Waals surface area contributed by atoms with Crippen LogP contribution >= 0.6 is 0 Å². The van der Waals surface area contributed by atoms with Gasteiger partial charge in [0.2, 0.25) is 11.9 Å². The van der Waals surface area contributed by atoms with Gasteiger partial charge in [-0.15, -0.1) is 0 Å².